The van der Waals surface area contributed by atoms with Crippen LogP contribution >= 0.6 is 0 Å². The molecule has 0 spiro atoms. The molecule has 2 bridgehead atoms. The Bertz CT molecular complexity index is 1060. The molecule has 0 radical (unpaired) electrons. The first-order valence-electron chi connectivity index (χ1n) is 10.2. The Morgan fingerprint density at radius 2 is 1.90 bits per heavy atom. The highest BCUT2D eigenvalue weighted by Crippen LogP contribution is 2.40. The molecule has 2 aliphatic heterocycles. The van der Waals surface area contributed by atoms with Crippen molar-refractivity contribution in [3.8, 4) is 16.9 Å². The molecule has 2 aliphatic rings. The number of fused-ring (bicyclic) bond motifs is 4. The van der Waals surface area contributed by atoms with E-state index in [9.17, 15) is 4.79 Å². The Kier molecular flexibility index (Phi) is 4.68. The predicted molar refractivity (Wildman–Crippen MR) is 113 cm³/mol. The molecule has 29 heavy (non-hydrogen) atoms. The van der Waals surface area contributed by atoms with Crippen molar-refractivity contribution in [3.63, 3.8) is 0 Å². The zero-order chi connectivity index (χ0) is 19.8. The van der Waals surface area contributed by atoms with Gasteiger partial charge in [-0.05, 0) is 48.2 Å². The van der Waals surface area contributed by atoms with Gasteiger partial charge < -0.3 is 9.30 Å². The summed E-state index contributed by atoms with van der Waals surface area (Å²) < 4.78 is 7.33. The van der Waals surface area contributed by atoms with Crippen molar-refractivity contribution in [2.45, 2.75) is 25.4 Å². The highest BCUT2D eigenvalue weighted by atomic mass is 16.5. The standard InChI is InChI=1S/C24H25N3O2/c1-29-21-7-5-18(6-8-21)22-9-10-23(28)27-14-17-12-19(24(22)27)15-26(13-17)16-20-4-2-3-11-25-20/h2-11,17,19H,12-16H2,1H3/t17-,19+/m0/s1. The summed E-state index contributed by atoms with van der Waals surface area (Å²) in [5, 5.41) is 0. The highest BCUT2D eigenvalue weighted by molar-refractivity contribution is 5.67. The third kappa shape index (κ3) is 3.47. The predicted octanol–water partition coefficient (Wildman–Crippen LogP) is 3.54. The van der Waals surface area contributed by atoms with E-state index < -0.39 is 0 Å². The van der Waals surface area contributed by atoms with Crippen molar-refractivity contribution in [2.24, 2.45) is 5.92 Å². The molecule has 1 saturated heterocycles. The maximum absolute atomic E-state index is 12.7. The number of hydrogen-bond donors (Lipinski definition) is 0. The Morgan fingerprint density at radius 1 is 1.03 bits per heavy atom. The molecule has 3 aromatic rings. The van der Waals surface area contributed by atoms with E-state index in [1.54, 1.807) is 13.2 Å². The lowest BCUT2D eigenvalue weighted by atomic mass is 9.80. The minimum Gasteiger partial charge on any atom is -0.497 e. The van der Waals surface area contributed by atoms with E-state index in [2.05, 4.69) is 28.1 Å². The summed E-state index contributed by atoms with van der Waals surface area (Å²) in [6, 6.07) is 17.9. The van der Waals surface area contributed by atoms with Crippen LogP contribution in [0.5, 0.6) is 5.75 Å². The second-order valence-corrected chi connectivity index (χ2v) is 8.12. The zero-order valence-corrected chi connectivity index (χ0v) is 16.6. The minimum absolute atomic E-state index is 0.116. The molecule has 2 aromatic heterocycles. The van der Waals surface area contributed by atoms with Crippen molar-refractivity contribution >= 4 is 0 Å². The summed E-state index contributed by atoms with van der Waals surface area (Å²) in [6.45, 7) is 3.64. The van der Waals surface area contributed by atoms with Gasteiger partial charge in [0.2, 0.25) is 0 Å². The number of methoxy groups -OCH3 is 1. The van der Waals surface area contributed by atoms with Gasteiger partial charge in [0.1, 0.15) is 5.75 Å². The number of likely N-dealkylation sites (tertiary alicyclic amines) is 1. The lowest BCUT2D eigenvalue weighted by Crippen LogP contribution is -2.47. The van der Waals surface area contributed by atoms with E-state index in [1.165, 1.54) is 5.69 Å². The average Bonchev–Trinajstić information content (AvgIpc) is 2.75. The third-order valence-electron chi connectivity index (χ3n) is 6.18. The Morgan fingerprint density at radius 3 is 2.66 bits per heavy atom. The SMILES string of the molecule is COc1ccc(-c2ccc(=O)n3c2[C@@H]2C[C@@H](CN(Cc4ccccn4)C2)C3)cc1. The van der Waals surface area contributed by atoms with Crippen molar-refractivity contribution in [1.82, 2.24) is 14.5 Å². The Balaban J connectivity index is 1.50. The van der Waals surface area contributed by atoms with Gasteiger partial charge in [0.15, 0.2) is 0 Å². The van der Waals surface area contributed by atoms with Gasteiger partial charge in [-0.3, -0.25) is 14.7 Å². The van der Waals surface area contributed by atoms with Gasteiger partial charge in [-0.15, -0.1) is 0 Å². The molecule has 5 heteroatoms. The van der Waals surface area contributed by atoms with Crippen LogP contribution in [0, 0.1) is 5.92 Å². The fourth-order valence-electron chi connectivity index (χ4n) is 4.98. The lowest BCUT2D eigenvalue weighted by molar-refractivity contribution is 0.113. The molecule has 5 nitrogen and oxygen atoms in total. The number of hydrogen-bond acceptors (Lipinski definition) is 4. The number of ether oxygens (including phenoxy) is 1. The fourth-order valence-corrected chi connectivity index (χ4v) is 4.98. The molecule has 0 unspecified atom stereocenters. The first-order valence-corrected chi connectivity index (χ1v) is 10.2. The van der Waals surface area contributed by atoms with Crippen LogP contribution in [0.15, 0.2) is 65.6 Å². The topological polar surface area (TPSA) is 47.4 Å². The number of pyridine rings is 2. The second-order valence-electron chi connectivity index (χ2n) is 8.12. The van der Waals surface area contributed by atoms with Gasteiger partial charge in [-0.1, -0.05) is 18.2 Å². The lowest BCUT2D eigenvalue weighted by Gasteiger charge is -2.43. The first kappa shape index (κ1) is 18.1. The normalized spacial score (nSPS) is 20.9. The third-order valence-corrected chi connectivity index (χ3v) is 6.18. The quantitative estimate of drug-likeness (QED) is 0.687. The maximum atomic E-state index is 12.7. The first-order chi connectivity index (χ1) is 14.2. The largest absolute Gasteiger partial charge is 0.497 e. The van der Waals surface area contributed by atoms with Gasteiger partial charge in [-0.25, -0.2) is 0 Å². The summed E-state index contributed by atoms with van der Waals surface area (Å²) in [6.07, 6.45) is 3.00. The molecule has 5 rings (SSSR count). The molecule has 1 aromatic carbocycles. The van der Waals surface area contributed by atoms with Gasteiger partial charge in [0.25, 0.3) is 5.56 Å². The number of aromatic nitrogens is 2. The molecule has 2 atom stereocenters. The molecule has 0 saturated carbocycles. The van der Waals surface area contributed by atoms with Crippen molar-refractivity contribution < 1.29 is 4.74 Å². The summed E-state index contributed by atoms with van der Waals surface area (Å²) in [4.78, 5) is 19.7. The number of piperidine rings is 1. The molecule has 4 heterocycles. The van der Waals surface area contributed by atoms with E-state index in [0.717, 1.165) is 55.2 Å². The van der Waals surface area contributed by atoms with E-state index in [0.29, 0.717) is 11.8 Å². The van der Waals surface area contributed by atoms with Crippen LogP contribution in [0.25, 0.3) is 11.1 Å². The molecule has 0 amide bonds. The molecule has 0 N–H and O–H groups in total. The monoisotopic (exact) mass is 387 g/mol. The molecular formula is C24H25N3O2. The van der Waals surface area contributed by atoms with E-state index in [1.807, 2.05) is 41.1 Å². The minimum atomic E-state index is 0.116. The summed E-state index contributed by atoms with van der Waals surface area (Å²) >= 11 is 0. The number of rotatable bonds is 4. The Labute approximate surface area is 170 Å². The fraction of sp³-hybridized carbons (Fsp3) is 0.333. The molecule has 0 aliphatic carbocycles. The second kappa shape index (κ2) is 7.48. The van der Waals surface area contributed by atoms with Crippen molar-refractivity contribution in [3.05, 3.63) is 82.5 Å². The summed E-state index contributed by atoms with van der Waals surface area (Å²) in [5.41, 5.74) is 4.70. The van der Waals surface area contributed by atoms with Crippen molar-refractivity contribution in [1.29, 1.82) is 0 Å². The van der Waals surface area contributed by atoms with E-state index in [4.69, 9.17) is 4.74 Å². The van der Waals surface area contributed by atoms with Crippen LogP contribution < -0.4 is 10.3 Å². The van der Waals surface area contributed by atoms with Crippen LogP contribution in [-0.2, 0) is 13.1 Å². The van der Waals surface area contributed by atoms with Gasteiger partial charge >= 0.3 is 0 Å². The van der Waals surface area contributed by atoms with Gasteiger partial charge in [-0.2, -0.15) is 0 Å². The van der Waals surface area contributed by atoms with Gasteiger partial charge in [0, 0.05) is 55.6 Å². The van der Waals surface area contributed by atoms with Crippen LogP contribution in [0.4, 0.5) is 0 Å². The zero-order valence-electron chi connectivity index (χ0n) is 16.6. The van der Waals surface area contributed by atoms with Crippen LogP contribution in [0.2, 0.25) is 0 Å². The molecule has 148 valence electrons. The average molecular weight is 387 g/mol. The molecular weight excluding hydrogens is 362 g/mol. The smallest absolute Gasteiger partial charge is 0.250 e. The number of nitrogens with zero attached hydrogens (tertiary/aromatic N) is 3. The Hall–Kier alpha value is -2.92. The van der Waals surface area contributed by atoms with E-state index >= 15 is 0 Å². The highest BCUT2D eigenvalue weighted by Gasteiger charge is 2.36. The van der Waals surface area contributed by atoms with Crippen LogP contribution in [0.3, 0.4) is 0 Å². The van der Waals surface area contributed by atoms with Gasteiger partial charge in [0.05, 0.1) is 12.8 Å². The van der Waals surface area contributed by atoms with Crippen molar-refractivity contribution in [2.75, 3.05) is 20.2 Å². The van der Waals surface area contributed by atoms with Crippen LogP contribution in [0.1, 0.15) is 23.7 Å². The van der Waals surface area contributed by atoms with Crippen LogP contribution in [-0.4, -0.2) is 34.7 Å². The summed E-state index contributed by atoms with van der Waals surface area (Å²) in [7, 11) is 1.68. The maximum Gasteiger partial charge on any atom is 0.250 e. The molecule has 1 fully saturated rings. The van der Waals surface area contributed by atoms with E-state index in [-0.39, 0.29) is 5.56 Å². The number of benzene rings is 1. The summed E-state index contributed by atoms with van der Waals surface area (Å²) in [5.74, 6) is 1.71.